The molecule has 2 atom stereocenters. The third-order valence-corrected chi connectivity index (χ3v) is 4.79. The van der Waals surface area contributed by atoms with E-state index in [0.717, 1.165) is 12.8 Å². The van der Waals surface area contributed by atoms with Crippen LogP contribution in [0.25, 0.3) is 0 Å². The highest BCUT2D eigenvalue weighted by Crippen LogP contribution is 2.30. The Kier molecular flexibility index (Phi) is 6.65. The SMILES string of the molecule is CCOC(C(O)Cc1ccc(Br)cc1F)C1CCCCC1. The smallest absolute Gasteiger partial charge is 0.127 e. The monoisotopic (exact) mass is 358 g/mol. The number of aliphatic hydroxyl groups excluding tert-OH is 1. The molecule has 0 saturated heterocycles. The summed E-state index contributed by atoms with van der Waals surface area (Å²) in [5.41, 5.74) is 0.547. The van der Waals surface area contributed by atoms with E-state index in [0.29, 0.717) is 29.0 Å². The lowest BCUT2D eigenvalue weighted by atomic mass is 9.82. The zero-order valence-corrected chi connectivity index (χ0v) is 14.1. The van der Waals surface area contributed by atoms with Gasteiger partial charge in [-0.05, 0) is 43.4 Å². The Morgan fingerprint density at radius 2 is 2.05 bits per heavy atom. The van der Waals surface area contributed by atoms with Crippen molar-refractivity contribution in [3.8, 4) is 0 Å². The molecule has 1 N–H and O–H groups in total. The molecular formula is C17H24BrFO2. The molecule has 1 aliphatic carbocycles. The van der Waals surface area contributed by atoms with Crippen molar-refractivity contribution in [2.45, 2.75) is 57.7 Å². The molecule has 118 valence electrons. The van der Waals surface area contributed by atoms with Gasteiger partial charge in [-0.3, -0.25) is 0 Å². The van der Waals surface area contributed by atoms with E-state index in [-0.39, 0.29) is 11.9 Å². The highest BCUT2D eigenvalue weighted by atomic mass is 79.9. The van der Waals surface area contributed by atoms with Crippen molar-refractivity contribution < 1.29 is 14.2 Å². The fraction of sp³-hybridized carbons (Fsp3) is 0.647. The molecule has 0 aromatic heterocycles. The largest absolute Gasteiger partial charge is 0.390 e. The summed E-state index contributed by atoms with van der Waals surface area (Å²) in [5.74, 6) is 0.120. The van der Waals surface area contributed by atoms with Gasteiger partial charge in [0.2, 0.25) is 0 Å². The summed E-state index contributed by atoms with van der Waals surface area (Å²) >= 11 is 3.25. The first-order chi connectivity index (χ1) is 10.1. The minimum absolute atomic E-state index is 0.182. The van der Waals surface area contributed by atoms with Crippen LogP contribution in [0.5, 0.6) is 0 Å². The molecule has 0 amide bonds. The number of ether oxygens (including phenoxy) is 1. The summed E-state index contributed by atoms with van der Waals surface area (Å²) in [5, 5.41) is 10.5. The second kappa shape index (κ2) is 8.25. The second-order valence-electron chi connectivity index (χ2n) is 5.83. The first-order valence-electron chi connectivity index (χ1n) is 7.85. The minimum Gasteiger partial charge on any atom is -0.390 e. The van der Waals surface area contributed by atoms with Gasteiger partial charge >= 0.3 is 0 Å². The fourth-order valence-corrected chi connectivity index (χ4v) is 3.58. The lowest BCUT2D eigenvalue weighted by Crippen LogP contribution is -2.38. The van der Waals surface area contributed by atoms with Crippen LogP contribution in [0.15, 0.2) is 22.7 Å². The van der Waals surface area contributed by atoms with Gasteiger partial charge in [0.1, 0.15) is 5.82 Å². The van der Waals surface area contributed by atoms with Gasteiger partial charge < -0.3 is 9.84 Å². The topological polar surface area (TPSA) is 29.5 Å². The molecule has 1 aliphatic rings. The predicted octanol–water partition coefficient (Wildman–Crippen LogP) is 4.48. The van der Waals surface area contributed by atoms with Crippen LogP contribution < -0.4 is 0 Å². The zero-order valence-electron chi connectivity index (χ0n) is 12.5. The maximum Gasteiger partial charge on any atom is 0.127 e. The first-order valence-corrected chi connectivity index (χ1v) is 8.64. The molecule has 4 heteroatoms. The number of hydrogen-bond donors (Lipinski definition) is 1. The van der Waals surface area contributed by atoms with E-state index in [2.05, 4.69) is 15.9 Å². The standard InChI is InChI=1S/C17H24BrFO2/c1-2-21-17(12-6-4-3-5-7-12)16(20)10-13-8-9-14(18)11-15(13)19/h8-9,11-12,16-17,20H,2-7,10H2,1H3. The Morgan fingerprint density at radius 3 is 2.67 bits per heavy atom. The average Bonchev–Trinajstić information content (AvgIpc) is 2.48. The Hall–Kier alpha value is -0.450. The Morgan fingerprint density at radius 1 is 1.33 bits per heavy atom. The van der Waals surface area contributed by atoms with E-state index < -0.39 is 6.10 Å². The van der Waals surface area contributed by atoms with Crippen LogP contribution >= 0.6 is 15.9 Å². The molecule has 0 radical (unpaired) electrons. The maximum absolute atomic E-state index is 13.9. The summed E-state index contributed by atoms with van der Waals surface area (Å²) in [4.78, 5) is 0. The Balaban J connectivity index is 2.04. The van der Waals surface area contributed by atoms with Crippen LogP contribution in [0.2, 0.25) is 0 Å². The molecule has 1 fully saturated rings. The lowest BCUT2D eigenvalue weighted by Gasteiger charge is -2.33. The molecular weight excluding hydrogens is 335 g/mol. The van der Waals surface area contributed by atoms with Crippen LogP contribution in [0.3, 0.4) is 0 Å². The third-order valence-electron chi connectivity index (χ3n) is 4.30. The number of benzene rings is 1. The van der Waals surface area contributed by atoms with Gasteiger partial charge in [-0.1, -0.05) is 41.3 Å². The summed E-state index contributed by atoms with van der Waals surface area (Å²) < 4.78 is 20.4. The minimum atomic E-state index is -0.649. The number of hydrogen-bond acceptors (Lipinski definition) is 2. The molecule has 1 saturated carbocycles. The van der Waals surface area contributed by atoms with Crippen LogP contribution in [0.4, 0.5) is 4.39 Å². The van der Waals surface area contributed by atoms with E-state index in [1.807, 2.05) is 6.92 Å². The highest BCUT2D eigenvalue weighted by molar-refractivity contribution is 9.10. The lowest BCUT2D eigenvalue weighted by molar-refractivity contribution is -0.0717. The summed E-state index contributed by atoms with van der Waals surface area (Å²) in [6.07, 6.45) is 5.35. The molecule has 0 spiro atoms. The molecule has 2 nitrogen and oxygen atoms in total. The summed E-state index contributed by atoms with van der Waals surface area (Å²) in [6.45, 7) is 2.53. The van der Waals surface area contributed by atoms with Crippen LogP contribution in [-0.4, -0.2) is 23.9 Å². The van der Waals surface area contributed by atoms with Gasteiger partial charge in [0.15, 0.2) is 0 Å². The summed E-state index contributed by atoms with van der Waals surface area (Å²) in [6, 6.07) is 4.98. The fourth-order valence-electron chi connectivity index (χ4n) is 3.25. The highest BCUT2D eigenvalue weighted by Gasteiger charge is 2.30. The van der Waals surface area contributed by atoms with Gasteiger partial charge in [-0.15, -0.1) is 0 Å². The molecule has 0 aliphatic heterocycles. The molecule has 1 aromatic carbocycles. The average molecular weight is 359 g/mol. The van der Waals surface area contributed by atoms with Crippen molar-refractivity contribution in [2.75, 3.05) is 6.61 Å². The number of halogens is 2. The number of rotatable bonds is 6. The van der Waals surface area contributed by atoms with Crippen molar-refractivity contribution in [1.29, 1.82) is 0 Å². The van der Waals surface area contributed by atoms with Gasteiger partial charge in [-0.25, -0.2) is 4.39 Å². The molecule has 2 rings (SSSR count). The molecule has 2 unspecified atom stereocenters. The van der Waals surface area contributed by atoms with Crippen molar-refractivity contribution >= 4 is 15.9 Å². The van der Waals surface area contributed by atoms with Gasteiger partial charge in [-0.2, -0.15) is 0 Å². The van der Waals surface area contributed by atoms with Crippen molar-refractivity contribution in [1.82, 2.24) is 0 Å². The van der Waals surface area contributed by atoms with E-state index in [9.17, 15) is 9.50 Å². The first kappa shape index (κ1) is 16.9. The van der Waals surface area contributed by atoms with Crippen molar-refractivity contribution in [2.24, 2.45) is 5.92 Å². The predicted molar refractivity (Wildman–Crippen MR) is 85.8 cm³/mol. The van der Waals surface area contributed by atoms with Gasteiger partial charge in [0, 0.05) is 17.5 Å². The molecule has 0 bridgehead atoms. The second-order valence-corrected chi connectivity index (χ2v) is 6.74. The summed E-state index contributed by atoms with van der Waals surface area (Å²) in [7, 11) is 0. The van der Waals surface area contributed by atoms with Gasteiger partial charge in [0.05, 0.1) is 12.2 Å². The van der Waals surface area contributed by atoms with Crippen molar-refractivity contribution in [3.63, 3.8) is 0 Å². The van der Waals surface area contributed by atoms with Gasteiger partial charge in [0.25, 0.3) is 0 Å². The van der Waals surface area contributed by atoms with E-state index in [1.54, 1.807) is 12.1 Å². The van der Waals surface area contributed by atoms with Crippen LogP contribution in [-0.2, 0) is 11.2 Å². The van der Waals surface area contributed by atoms with E-state index in [1.165, 1.54) is 25.3 Å². The number of aliphatic hydroxyl groups is 1. The molecule has 0 heterocycles. The van der Waals surface area contributed by atoms with Crippen LogP contribution in [0.1, 0.15) is 44.6 Å². The van der Waals surface area contributed by atoms with E-state index >= 15 is 0 Å². The molecule has 21 heavy (non-hydrogen) atoms. The molecule has 1 aromatic rings. The van der Waals surface area contributed by atoms with E-state index in [4.69, 9.17) is 4.74 Å². The van der Waals surface area contributed by atoms with Crippen molar-refractivity contribution in [3.05, 3.63) is 34.1 Å². The Labute approximate surface area is 134 Å². The zero-order chi connectivity index (χ0) is 15.2. The third kappa shape index (κ3) is 4.76. The Bertz CT molecular complexity index is 446. The normalized spacial score (nSPS) is 19.4. The maximum atomic E-state index is 13.9. The van der Waals surface area contributed by atoms with Crippen LogP contribution in [0, 0.1) is 11.7 Å². The quantitative estimate of drug-likeness (QED) is 0.812.